The van der Waals surface area contributed by atoms with Crippen LogP contribution in [0.25, 0.3) is 0 Å². The van der Waals surface area contributed by atoms with Crippen LogP contribution in [0.15, 0.2) is 0 Å². The second-order valence-corrected chi connectivity index (χ2v) is 4.48. The first-order chi connectivity index (χ1) is 8.56. The molecule has 1 aromatic heterocycles. The third-order valence-electron chi connectivity index (χ3n) is 3.37. The summed E-state index contributed by atoms with van der Waals surface area (Å²) in [7, 11) is 0. The normalized spacial score (nSPS) is 16.1. The zero-order valence-corrected chi connectivity index (χ0v) is 10.2. The van der Waals surface area contributed by atoms with E-state index in [0.717, 1.165) is 12.8 Å². The fraction of sp³-hybridized carbons (Fsp3) is 0.583. The smallest absolute Gasteiger partial charge is 0.356 e. The number of rotatable bonds is 4. The topological polar surface area (TPSA) is 92.4 Å². The third-order valence-corrected chi connectivity index (χ3v) is 3.37. The Balaban J connectivity index is 2.54. The lowest BCUT2D eigenvalue weighted by Gasteiger charge is -2.19. The molecule has 0 saturated heterocycles. The molecular weight excluding hydrogens is 236 g/mol. The summed E-state index contributed by atoms with van der Waals surface area (Å²) in [6, 6.07) is 0. The molecule has 1 aliphatic heterocycles. The molecule has 6 nitrogen and oxygen atoms in total. The first-order valence-electron chi connectivity index (χ1n) is 6.11. The molecule has 18 heavy (non-hydrogen) atoms. The van der Waals surface area contributed by atoms with Crippen molar-refractivity contribution in [1.82, 2.24) is 9.55 Å². The lowest BCUT2D eigenvalue weighted by atomic mass is 10.0. The maximum absolute atomic E-state index is 11.2. The van der Waals surface area contributed by atoms with Crippen LogP contribution in [0.3, 0.4) is 0 Å². The van der Waals surface area contributed by atoms with Gasteiger partial charge in [-0.3, -0.25) is 4.79 Å². The Labute approximate surface area is 104 Å². The molecule has 0 radical (unpaired) electrons. The molecule has 1 aromatic rings. The predicted octanol–water partition coefficient (Wildman–Crippen LogP) is 1.50. The number of hydrogen-bond donors (Lipinski definition) is 2. The van der Waals surface area contributed by atoms with Crippen LogP contribution in [-0.2, 0) is 17.8 Å². The predicted molar refractivity (Wildman–Crippen MR) is 62.8 cm³/mol. The van der Waals surface area contributed by atoms with Crippen LogP contribution in [0.4, 0.5) is 0 Å². The van der Waals surface area contributed by atoms with Gasteiger partial charge in [0.2, 0.25) is 0 Å². The standard InChI is InChI=1S/C12H16N2O4/c1-2-7(11(15)16)10-13-9(12(17)18)8-5-3-4-6-14(8)10/h7H,2-6H2,1H3,(H,15,16)(H,17,18). The van der Waals surface area contributed by atoms with Gasteiger partial charge in [0.1, 0.15) is 11.7 Å². The minimum atomic E-state index is -1.08. The van der Waals surface area contributed by atoms with Crippen molar-refractivity contribution in [2.45, 2.75) is 45.1 Å². The number of aromatic nitrogens is 2. The molecule has 0 amide bonds. The van der Waals surface area contributed by atoms with Crippen molar-refractivity contribution in [2.24, 2.45) is 0 Å². The van der Waals surface area contributed by atoms with Gasteiger partial charge in [0.15, 0.2) is 5.69 Å². The molecule has 0 fully saturated rings. The molecule has 0 aliphatic carbocycles. The van der Waals surface area contributed by atoms with E-state index >= 15 is 0 Å². The largest absolute Gasteiger partial charge is 0.481 e. The van der Waals surface area contributed by atoms with E-state index in [0.29, 0.717) is 30.9 Å². The third kappa shape index (κ3) is 1.98. The first-order valence-corrected chi connectivity index (χ1v) is 6.11. The minimum Gasteiger partial charge on any atom is -0.481 e. The Bertz CT molecular complexity index is 493. The van der Waals surface area contributed by atoms with E-state index in [1.165, 1.54) is 0 Å². The van der Waals surface area contributed by atoms with Crippen molar-refractivity contribution in [3.8, 4) is 0 Å². The zero-order valence-electron chi connectivity index (χ0n) is 10.2. The van der Waals surface area contributed by atoms with Gasteiger partial charge in [-0.15, -0.1) is 0 Å². The maximum atomic E-state index is 11.2. The molecule has 0 bridgehead atoms. The van der Waals surface area contributed by atoms with Gasteiger partial charge in [0.25, 0.3) is 0 Å². The number of aromatic carboxylic acids is 1. The van der Waals surface area contributed by atoms with Gasteiger partial charge in [-0.05, 0) is 25.7 Å². The average Bonchev–Trinajstić information content (AvgIpc) is 2.70. The minimum absolute atomic E-state index is 0.0180. The van der Waals surface area contributed by atoms with E-state index < -0.39 is 17.9 Å². The van der Waals surface area contributed by atoms with Crippen LogP contribution in [0.2, 0.25) is 0 Å². The van der Waals surface area contributed by atoms with E-state index in [4.69, 9.17) is 5.11 Å². The Morgan fingerprint density at radius 2 is 2.11 bits per heavy atom. The second-order valence-electron chi connectivity index (χ2n) is 4.48. The van der Waals surface area contributed by atoms with Crippen LogP contribution >= 0.6 is 0 Å². The number of nitrogens with zero attached hydrogens (tertiary/aromatic N) is 2. The lowest BCUT2D eigenvalue weighted by Crippen LogP contribution is -2.20. The summed E-state index contributed by atoms with van der Waals surface area (Å²) >= 11 is 0. The first kappa shape index (κ1) is 12.6. The Morgan fingerprint density at radius 3 is 2.67 bits per heavy atom. The van der Waals surface area contributed by atoms with E-state index in [9.17, 15) is 14.7 Å². The van der Waals surface area contributed by atoms with Crippen LogP contribution in [0, 0.1) is 0 Å². The van der Waals surface area contributed by atoms with Crippen LogP contribution in [-0.4, -0.2) is 31.7 Å². The highest BCUT2D eigenvalue weighted by Crippen LogP contribution is 2.27. The molecule has 1 unspecified atom stereocenters. The van der Waals surface area contributed by atoms with Crippen molar-refractivity contribution >= 4 is 11.9 Å². The number of carbonyl (C=O) groups is 2. The average molecular weight is 252 g/mol. The molecule has 2 rings (SSSR count). The monoisotopic (exact) mass is 252 g/mol. The quantitative estimate of drug-likeness (QED) is 0.847. The second kappa shape index (κ2) is 4.80. The van der Waals surface area contributed by atoms with Crippen molar-refractivity contribution in [1.29, 1.82) is 0 Å². The van der Waals surface area contributed by atoms with Gasteiger partial charge in [0, 0.05) is 6.54 Å². The molecule has 6 heteroatoms. The van der Waals surface area contributed by atoms with Gasteiger partial charge < -0.3 is 14.8 Å². The van der Waals surface area contributed by atoms with Crippen molar-refractivity contribution in [3.05, 3.63) is 17.2 Å². The molecule has 0 spiro atoms. The Kier molecular flexibility index (Phi) is 3.36. The maximum Gasteiger partial charge on any atom is 0.356 e. The van der Waals surface area contributed by atoms with Crippen molar-refractivity contribution < 1.29 is 19.8 Å². The summed E-state index contributed by atoms with van der Waals surface area (Å²) in [5, 5.41) is 18.3. The fourth-order valence-corrected chi connectivity index (χ4v) is 2.48. The van der Waals surface area contributed by atoms with E-state index in [1.54, 1.807) is 11.5 Å². The summed E-state index contributed by atoms with van der Waals surface area (Å²) in [4.78, 5) is 26.4. The highest BCUT2D eigenvalue weighted by Gasteiger charge is 2.30. The molecule has 98 valence electrons. The summed E-state index contributed by atoms with van der Waals surface area (Å²) in [5.74, 6) is -2.37. The number of aliphatic carboxylic acids is 1. The number of carboxylic acid groups (broad SMARTS) is 2. The number of imidazole rings is 1. The molecule has 0 aromatic carbocycles. The fourth-order valence-electron chi connectivity index (χ4n) is 2.48. The molecule has 1 atom stereocenters. The lowest BCUT2D eigenvalue weighted by molar-refractivity contribution is -0.139. The van der Waals surface area contributed by atoms with Gasteiger partial charge in [-0.1, -0.05) is 6.92 Å². The number of carboxylic acids is 2. The number of hydrogen-bond acceptors (Lipinski definition) is 3. The highest BCUT2D eigenvalue weighted by molar-refractivity contribution is 5.87. The summed E-state index contributed by atoms with van der Waals surface area (Å²) < 4.78 is 1.79. The van der Waals surface area contributed by atoms with Gasteiger partial charge >= 0.3 is 11.9 Å². The van der Waals surface area contributed by atoms with Crippen molar-refractivity contribution in [2.75, 3.05) is 0 Å². The van der Waals surface area contributed by atoms with E-state index in [-0.39, 0.29) is 5.69 Å². The SMILES string of the molecule is CCC(C(=O)O)c1nc(C(=O)O)c2n1CCCC2. The van der Waals surface area contributed by atoms with Crippen LogP contribution in [0.1, 0.15) is 54.1 Å². The molecule has 0 saturated carbocycles. The van der Waals surface area contributed by atoms with Crippen molar-refractivity contribution in [3.63, 3.8) is 0 Å². The molecule has 1 aliphatic rings. The van der Waals surface area contributed by atoms with Gasteiger partial charge in [0.05, 0.1) is 5.69 Å². The summed E-state index contributed by atoms with van der Waals surface area (Å²) in [6.07, 6.45) is 2.93. The highest BCUT2D eigenvalue weighted by atomic mass is 16.4. The molecular formula is C12H16N2O4. The van der Waals surface area contributed by atoms with E-state index in [1.807, 2.05) is 0 Å². The zero-order chi connectivity index (χ0) is 13.3. The van der Waals surface area contributed by atoms with Gasteiger partial charge in [-0.2, -0.15) is 0 Å². The molecule has 2 heterocycles. The Morgan fingerprint density at radius 1 is 1.39 bits per heavy atom. The Hall–Kier alpha value is -1.85. The summed E-state index contributed by atoms with van der Waals surface area (Å²) in [6.45, 7) is 2.43. The number of fused-ring (bicyclic) bond motifs is 1. The summed E-state index contributed by atoms with van der Waals surface area (Å²) in [5.41, 5.74) is 0.688. The molecule has 2 N–H and O–H groups in total. The van der Waals surface area contributed by atoms with E-state index in [2.05, 4.69) is 4.98 Å². The van der Waals surface area contributed by atoms with Crippen LogP contribution in [0.5, 0.6) is 0 Å². The van der Waals surface area contributed by atoms with Gasteiger partial charge in [-0.25, -0.2) is 9.78 Å². The van der Waals surface area contributed by atoms with Crippen LogP contribution < -0.4 is 0 Å².